The molecule has 2 N–H and O–H groups in total. The van der Waals surface area contributed by atoms with Gasteiger partial charge in [0.05, 0.1) is 6.16 Å². The van der Waals surface area contributed by atoms with Crippen molar-refractivity contribution in [2.75, 3.05) is 0 Å². The summed E-state index contributed by atoms with van der Waals surface area (Å²) in [6.07, 6.45) is 0.838. The van der Waals surface area contributed by atoms with Gasteiger partial charge < -0.3 is 5.21 Å². The van der Waals surface area contributed by atoms with Crippen LogP contribution in [0.1, 0.15) is 5.56 Å². The van der Waals surface area contributed by atoms with Crippen molar-refractivity contribution in [1.82, 2.24) is 0 Å². The molecule has 4 aromatic carbocycles. The van der Waals surface area contributed by atoms with Gasteiger partial charge in [-0.1, -0.05) is 54.6 Å². The van der Waals surface area contributed by atoms with Crippen molar-refractivity contribution < 1.29 is 10.4 Å². The van der Waals surface area contributed by atoms with Crippen LogP contribution in [0.2, 0.25) is 0 Å². The molecule has 0 saturated carbocycles. The zero-order valence-corrected chi connectivity index (χ0v) is 16.9. The molecule has 0 spiro atoms. The largest absolute Gasteiger partial charge is 0.595 e. The molecule has 0 bridgehead atoms. The predicted molar refractivity (Wildman–Crippen MR) is 121 cm³/mol. The quantitative estimate of drug-likeness (QED) is 0.384. The van der Waals surface area contributed by atoms with E-state index in [1.807, 2.05) is 12.1 Å². The Labute approximate surface area is 171 Å². The first-order valence-electron chi connectivity index (χ1n) is 9.57. The van der Waals surface area contributed by atoms with Crippen LogP contribution in [0.25, 0.3) is 0 Å². The Morgan fingerprint density at radius 1 is 0.586 bits per heavy atom. The Kier molecular flexibility index (Phi) is 5.84. The molecule has 0 heterocycles. The van der Waals surface area contributed by atoms with Crippen molar-refractivity contribution in [3.63, 3.8) is 0 Å². The van der Waals surface area contributed by atoms with E-state index >= 15 is 0 Å². The summed E-state index contributed by atoms with van der Waals surface area (Å²) in [5.74, 6) is 0. The van der Waals surface area contributed by atoms with Crippen LogP contribution in [0, 0.1) is 5.21 Å². The van der Waals surface area contributed by atoms with E-state index in [0.717, 1.165) is 11.7 Å². The van der Waals surface area contributed by atoms with Crippen molar-refractivity contribution >= 4 is 28.9 Å². The van der Waals surface area contributed by atoms with Crippen LogP contribution in [-0.2, 0) is 6.16 Å². The van der Waals surface area contributed by atoms with Gasteiger partial charge in [0, 0.05) is 12.1 Å². The smallest absolute Gasteiger partial charge is 0.163 e. The summed E-state index contributed by atoms with van der Waals surface area (Å²) in [5.41, 5.74) is 1.46. The topological polar surface area (TPSA) is 47.7 Å². The minimum absolute atomic E-state index is 0.316. The Morgan fingerprint density at radius 3 is 1.31 bits per heavy atom. The third-order valence-corrected chi connectivity index (χ3v) is 9.59. The maximum Gasteiger partial charge on any atom is 0.163 e. The van der Waals surface area contributed by atoms with Crippen molar-refractivity contribution in [2.24, 2.45) is 0 Å². The molecule has 1 atom stereocenters. The van der Waals surface area contributed by atoms with E-state index in [-0.39, 0.29) is 0 Å². The minimum atomic E-state index is -1.96. The normalized spacial score (nSPS) is 12.5. The first kappa shape index (κ1) is 19.5. The van der Waals surface area contributed by atoms with Gasteiger partial charge in [-0.05, 0) is 54.1 Å². The van der Waals surface area contributed by atoms with Gasteiger partial charge in [-0.2, -0.15) is 5.23 Å². The van der Waals surface area contributed by atoms with Crippen LogP contribution in [0.3, 0.4) is 0 Å². The fraction of sp³-hybridized carbons (Fsp3) is 0.0400. The highest BCUT2D eigenvalue weighted by molar-refractivity contribution is 7.95. The maximum atomic E-state index is 11.3. The summed E-state index contributed by atoms with van der Waals surface area (Å²) in [6.45, 7) is 0. The van der Waals surface area contributed by atoms with Crippen molar-refractivity contribution in [2.45, 2.75) is 6.16 Å². The van der Waals surface area contributed by atoms with E-state index in [4.69, 9.17) is 0 Å². The average molecular weight is 400 g/mol. The third kappa shape index (κ3) is 4.00. The van der Waals surface area contributed by atoms with E-state index in [2.05, 4.69) is 91.0 Å². The Bertz CT molecular complexity index is 940. The van der Waals surface area contributed by atoms with E-state index in [1.165, 1.54) is 15.9 Å². The molecule has 0 fully saturated rings. The lowest BCUT2D eigenvalue weighted by atomic mass is 10.2. The molecule has 0 saturated heterocycles. The molecule has 0 aliphatic heterocycles. The van der Waals surface area contributed by atoms with Crippen molar-refractivity contribution in [3.05, 3.63) is 126 Å². The average Bonchev–Trinajstić information content (AvgIpc) is 2.79. The molecular formula is C25H23NO2P+. The van der Waals surface area contributed by atoms with E-state index in [9.17, 15) is 10.4 Å². The zero-order chi connectivity index (χ0) is 20.1. The van der Waals surface area contributed by atoms with Crippen LogP contribution in [-0.4, -0.2) is 5.21 Å². The summed E-state index contributed by atoms with van der Waals surface area (Å²) in [5, 5.41) is 23.6. The summed E-state index contributed by atoms with van der Waals surface area (Å²) in [7, 11) is -1.96. The molecule has 0 aliphatic rings. The molecule has 144 valence electrons. The molecule has 4 heteroatoms. The summed E-state index contributed by atoms with van der Waals surface area (Å²) >= 11 is 0. The zero-order valence-electron chi connectivity index (χ0n) is 16.0. The standard InChI is InChI=1S/C25H23NO2P/c27-26(28)22-18-16-21(17-19-22)20-29(23-10-4-1-5-11-23,24-12-6-2-7-13-24)25-14-8-3-9-15-25/h1-19,26-27H,20H2/q+1. The van der Waals surface area contributed by atoms with Gasteiger partial charge in [0.1, 0.15) is 23.2 Å². The van der Waals surface area contributed by atoms with Crippen LogP contribution in [0.4, 0.5) is 5.69 Å². The lowest BCUT2D eigenvalue weighted by Gasteiger charge is -2.28. The second-order valence-electron chi connectivity index (χ2n) is 6.98. The van der Waals surface area contributed by atoms with E-state index in [1.54, 1.807) is 12.1 Å². The highest BCUT2D eigenvalue weighted by Gasteiger charge is 2.45. The van der Waals surface area contributed by atoms with Crippen LogP contribution < -0.4 is 21.1 Å². The lowest BCUT2D eigenvalue weighted by molar-refractivity contribution is -0.991. The molecule has 0 radical (unpaired) electrons. The predicted octanol–water partition coefficient (Wildman–Crippen LogP) is 3.58. The third-order valence-electron chi connectivity index (χ3n) is 5.21. The van der Waals surface area contributed by atoms with Crippen LogP contribution >= 0.6 is 7.26 Å². The van der Waals surface area contributed by atoms with Gasteiger partial charge in [0.25, 0.3) is 0 Å². The number of quaternary nitrogens is 1. The van der Waals surface area contributed by atoms with Crippen molar-refractivity contribution in [3.8, 4) is 0 Å². The van der Waals surface area contributed by atoms with Gasteiger partial charge in [0.2, 0.25) is 0 Å². The molecule has 0 aliphatic carbocycles. The van der Waals surface area contributed by atoms with Crippen LogP contribution in [0.15, 0.2) is 115 Å². The second-order valence-corrected chi connectivity index (χ2v) is 10.5. The molecular weight excluding hydrogens is 377 g/mol. The Morgan fingerprint density at radius 2 is 0.966 bits per heavy atom. The SMILES string of the molecule is [O-][NH+](O)c1ccc(C[P+](c2ccccc2)(c2ccccc2)c2ccccc2)cc1. The number of nitrogens with one attached hydrogen (secondary N) is 1. The number of hydrogen-bond donors (Lipinski definition) is 2. The fourth-order valence-corrected chi connectivity index (χ4v) is 8.04. The summed E-state index contributed by atoms with van der Waals surface area (Å²) in [6, 6.07) is 39.4. The van der Waals surface area contributed by atoms with Gasteiger partial charge in [0.15, 0.2) is 5.69 Å². The Hall–Kier alpha value is -2.81. The summed E-state index contributed by atoms with van der Waals surface area (Å²) < 4.78 is 0. The van der Waals surface area contributed by atoms with Gasteiger partial charge in [-0.3, -0.25) is 0 Å². The molecule has 29 heavy (non-hydrogen) atoms. The molecule has 3 nitrogen and oxygen atoms in total. The van der Waals surface area contributed by atoms with E-state index in [0.29, 0.717) is 5.69 Å². The van der Waals surface area contributed by atoms with Crippen molar-refractivity contribution in [1.29, 1.82) is 0 Å². The van der Waals surface area contributed by atoms with Gasteiger partial charge in [-0.15, -0.1) is 0 Å². The maximum absolute atomic E-state index is 11.3. The first-order chi connectivity index (χ1) is 14.2. The Balaban J connectivity index is 1.92. The molecule has 1 unspecified atom stereocenters. The molecule has 4 rings (SSSR count). The molecule has 4 aromatic rings. The number of rotatable bonds is 6. The fourth-order valence-electron chi connectivity index (χ4n) is 3.80. The highest BCUT2D eigenvalue weighted by Crippen LogP contribution is 2.58. The molecule has 0 amide bonds. The van der Waals surface area contributed by atoms with Gasteiger partial charge in [-0.25, -0.2) is 5.21 Å². The number of hydrogen-bond acceptors (Lipinski definition) is 2. The number of benzene rings is 4. The van der Waals surface area contributed by atoms with Crippen LogP contribution in [0.5, 0.6) is 0 Å². The first-order valence-corrected chi connectivity index (χ1v) is 11.5. The lowest BCUT2D eigenvalue weighted by Crippen LogP contribution is -2.99. The minimum Gasteiger partial charge on any atom is -0.595 e. The summed E-state index contributed by atoms with van der Waals surface area (Å²) in [4.78, 5) is 0. The van der Waals surface area contributed by atoms with Gasteiger partial charge >= 0.3 is 0 Å². The van der Waals surface area contributed by atoms with E-state index < -0.39 is 12.5 Å². The monoisotopic (exact) mass is 400 g/mol. The second kappa shape index (κ2) is 8.69. The molecule has 0 aromatic heterocycles. The highest BCUT2D eigenvalue weighted by atomic mass is 31.2.